The zero-order chi connectivity index (χ0) is 20.1. The summed E-state index contributed by atoms with van der Waals surface area (Å²) in [5.41, 5.74) is 3.25. The summed E-state index contributed by atoms with van der Waals surface area (Å²) in [5, 5.41) is 8.17. The number of thiocarbonyl (C=S) groups is 1. The highest BCUT2D eigenvalue weighted by Gasteiger charge is 2.28. The first-order valence-corrected chi connectivity index (χ1v) is 10.5. The molecule has 2 aromatic carbocycles. The third kappa shape index (κ3) is 5.23. The molecule has 0 spiro atoms. The summed E-state index contributed by atoms with van der Waals surface area (Å²) in [6.45, 7) is 8.47. The number of nitrogens with one attached hydrogen (secondary N) is 2. The van der Waals surface area contributed by atoms with Gasteiger partial charge in [-0.2, -0.15) is 0 Å². The summed E-state index contributed by atoms with van der Waals surface area (Å²) in [6.07, 6.45) is 0. The largest absolute Gasteiger partial charge is 0.358 e. The maximum atomic E-state index is 6.23. The van der Waals surface area contributed by atoms with Gasteiger partial charge in [0.15, 0.2) is 5.11 Å². The third-order valence-electron chi connectivity index (χ3n) is 5.42. The topological polar surface area (TPSA) is 30.5 Å². The predicted octanol–water partition coefficient (Wildman–Crippen LogP) is 4.31. The van der Waals surface area contributed by atoms with Crippen LogP contribution in [0.5, 0.6) is 0 Å². The standard InChI is InChI=1S/C22H29ClN4S/c1-16-19(23)10-7-11-20(16)25-22(28)24-17(2)21(18-8-5-4-6-9-18)27-14-12-26(3)13-15-27/h4-11,17,21H,12-15H2,1-3H3,(H2,24,25,28)/t17-,21-/m0/s1. The van der Waals surface area contributed by atoms with E-state index < -0.39 is 0 Å². The molecule has 0 saturated carbocycles. The number of rotatable bonds is 5. The molecule has 1 saturated heterocycles. The lowest BCUT2D eigenvalue weighted by molar-refractivity contribution is 0.0973. The van der Waals surface area contributed by atoms with Crippen molar-refractivity contribution in [1.82, 2.24) is 15.1 Å². The Labute approximate surface area is 178 Å². The third-order valence-corrected chi connectivity index (χ3v) is 6.05. The number of benzene rings is 2. The average molecular weight is 417 g/mol. The van der Waals surface area contributed by atoms with E-state index in [-0.39, 0.29) is 12.1 Å². The van der Waals surface area contributed by atoms with Crippen LogP contribution >= 0.6 is 23.8 Å². The van der Waals surface area contributed by atoms with Crippen LogP contribution < -0.4 is 10.6 Å². The summed E-state index contributed by atoms with van der Waals surface area (Å²) in [6, 6.07) is 16.9. The van der Waals surface area contributed by atoms with E-state index in [1.165, 1.54) is 5.56 Å². The number of likely N-dealkylation sites (N-methyl/N-ethyl adjacent to an activating group) is 1. The van der Waals surface area contributed by atoms with Gasteiger partial charge in [-0.25, -0.2) is 0 Å². The molecule has 0 unspecified atom stereocenters. The van der Waals surface area contributed by atoms with Gasteiger partial charge in [0.05, 0.1) is 6.04 Å². The van der Waals surface area contributed by atoms with Gasteiger partial charge in [-0.3, -0.25) is 4.90 Å². The minimum absolute atomic E-state index is 0.158. The number of anilines is 1. The van der Waals surface area contributed by atoms with Crippen molar-refractivity contribution in [1.29, 1.82) is 0 Å². The number of nitrogens with zero attached hydrogens (tertiary/aromatic N) is 2. The van der Waals surface area contributed by atoms with Crippen molar-refractivity contribution in [2.45, 2.75) is 25.9 Å². The highest BCUT2D eigenvalue weighted by Crippen LogP contribution is 2.26. The molecule has 0 amide bonds. The molecule has 0 aliphatic carbocycles. The summed E-state index contributed by atoms with van der Waals surface area (Å²) in [5.74, 6) is 0. The number of halogens is 1. The molecule has 0 bridgehead atoms. The summed E-state index contributed by atoms with van der Waals surface area (Å²) in [7, 11) is 2.18. The van der Waals surface area contributed by atoms with E-state index in [4.69, 9.17) is 23.8 Å². The molecule has 2 aromatic rings. The highest BCUT2D eigenvalue weighted by molar-refractivity contribution is 7.80. The molecule has 1 fully saturated rings. The normalized spacial score (nSPS) is 17.7. The molecule has 2 N–H and O–H groups in total. The van der Waals surface area contributed by atoms with E-state index in [2.05, 4.69) is 64.7 Å². The van der Waals surface area contributed by atoms with Crippen molar-refractivity contribution in [2.24, 2.45) is 0 Å². The molecule has 4 nitrogen and oxygen atoms in total. The number of hydrogen-bond acceptors (Lipinski definition) is 3. The first-order chi connectivity index (χ1) is 13.5. The van der Waals surface area contributed by atoms with Crippen LogP contribution in [0.2, 0.25) is 5.02 Å². The van der Waals surface area contributed by atoms with Crippen LogP contribution in [-0.2, 0) is 0 Å². The molecule has 0 radical (unpaired) electrons. The fourth-order valence-corrected chi connectivity index (χ4v) is 4.22. The van der Waals surface area contributed by atoms with Crippen molar-refractivity contribution < 1.29 is 0 Å². The van der Waals surface area contributed by atoms with Crippen LogP contribution in [0.15, 0.2) is 48.5 Å². The van der Waals surface area contributed by atoms with E-state index in [0.29, 0.717) is 5.11 Å². The second-order valence-corrected chi connectivity index (χ2v) is 8.31. The van der Waals surface area contributed by atoms with Crippen LogP contribution in [0.4, 0.5) is 5.69 Å². The first-order valence-electron chi connectivity index (χ1n) is 9.76. The van der Waals surface area contributed by atoms with Crippen LogP contribution in [0.1, 0.15) is 24.1 Å². The van der Waals surface area contributed by atoms with E-state index in [1.807, 2.05) is 25.1 Å². The van der Waals surface area contributed by atoms with Gasteiger partial charge in [0.1, 0.15) is 0 Å². The van der Waals surface area contributed by atoms with Gasteiger partial charge in [-0.1, -0.05) is 48.0 Å². The Bertz CT molecular complexity index is 790. The van der Waals surface area contributed by atoms with Gasteiger partial charge >= 0.3 is 0 Å². The molecule has 0 aromatic heterocycles. The Kier molecular flexibility index (Phi) is 7.30. The maximum Gasteiger partial charge on any atom is 0.171 e. The van der Waals surface area contributed by atoms with Crippen molar-refractivity contribution in [3.8, 4) is 0 Å². The fraction of sp³-hybridized carbons (Fsp3) is 0.409. The van der Waals surface area contributed by atoms with Gasteiger partial charge in [0.25, 0.3) is 0 Å². The molecule has 1 aliphatic heterocycles. The van der Waals surface area contributed by atoms with E-state index in [9.17, 15) is 0 Å². The first kappa shape index (κ1) is 21.1. The molecule has 2 atom stereocenters. The Morgan fingerprint density at radius 2 is 1.71 bits per heavy atom. The molecule has 28 heavy (non-hydrogen) atoms. The quantitative estimate of drug-likeness (QED) is 0.709. The molecule has 150 valence electrons. The fourth-order valence-electron chi connectivity index (χ4n) is 3.75. The van der Waals surface area contributed by atoms with Crippen molar-refractivity contribution in [3.05, 3.63) is 64.7 Å². The van der Waals surface area contributed by atoms with E-state index >= 15 is 0 Å². The lowest BCUT2D eigenvalue weighted by Gasteiger charge is -2.41. The monoisotopic (exact) mass is 416 g/mol. The summed E-state index contributed by atoms with van der Waals surface area (Å²) in [4.78, 5) is 4.94. The maximum absolute atomic E-state index is 6.23. The molecular weight excluding hydrogens is 388 g/mol. The smallest absolute Gasteiger partial charge is 0.171 e. The minimum atomic E-state index is 0.158. The number of piperazine rings is 1. The van der Waals surface area contributed by atoms with Crippen LogP contribution in [0.25, 0.3) is 0 Å². The molecular formula is C22H29ClN4S. The van der Waals surface area contributed by atoms with Gasteiger partial charge in [-0.15, -0.1) is 0 Å². The minimum Gasteiger partial charge on any atom is -0.358 e. The van der Waals surface area contributed by atoms with Gasteiger partial charge in [-0.05, 0) is 56.4 Å². The van der Waals surface area contributed by atoms with E-state index in [1.54, 1.807) is 0 Å². The average Bonchev–Trinajstić information content (AvgIpc) is 2.68. The van der Waals surface area contributed by atoms with Gasteiger partial charge in [0, 0.05) is 42.9 Å². The van der Waals surface area contributed by atoms with Crippen molar-refractivity contribution in [2.75, 3.05) is 38.5 Å². The SMILES string of the molecule is Cc1c(Cl)cccc1NC(=S)N[C@@H](C)[C@@H](c1ccccc1)N1CCN(C)CC1. The zero-order valence-electron chi connectivity index (χ0n) is 16.8. The predicted molar refractivity (Wildman–Crippen MR) is 123 cm³/mol. The lowest BCUT2D eigenvalue weighted by atomic mass is 9.98. The molecule has 1 aliphatic rings. The number of hydrogen-bond donors (Lipinski definition) is 2. The summed E-state index contributed by atoms with van der Waals surface area (Å²) < 4.78 is 0. The Morgan fingerprint density at radius 1 is 1.04 bits per heavy atom. The molecule has 6 heteroatoms. The Morgan fingerprint density at radius 3 is 2.39 bits per heavy atom. The van der Waals surface area contributed by atoms with Crippen LogP contribution in [0, 0.1) is 6.92 Å². The van der Waals surface area contributed by atoms with Gasteiger partial charge in [0.2, 0.25) is 0 Å². The molecule has 1 heterocycles. The van der Waals surface area contributed by atoms with Gasteiger partial charge < -0.3 is 15.5 Å². The second-order valence-electron chi connectivity index (χ2n) is 7.49. The summed E-state index contributed by atoms with van der Waals surface area (Å²) >= 11 is 11.8. The zero-order valence-corrected chi connectivity index (χ0v) is 18.4. The Hall–Kier alpha value is -1.66. The second kappa shape index (κ2) is 9.70. The highest BCUT2D eigenvalue weighted by atomic mass is 35.5. The Balaban J connectivity index is 1.72. The van der Waals surface area contributed by atoms with E-state index in [0.717, 1.165) is 42.5 Å². The van der Waals surface area contributed by atoms with Crippen LogP contribution in [-0.4, -0.2) is 54.2 Å². The van der Waals surface area contributed by atoms with Crippen LogP contribution in [0.3, 0.4) is 0 Å². The lowest BCUT2D eigenvalue weighted by Crippen LogP contribution is -2.52. The molecule has 3 rings (SSSR count). The van der Waals surface area contributed by atoms with Crippen molar-refractivity contribution >= 4 is 34.6 Å². The van der Waals surface area contributed by atoms with Crippen molar-refractivity contribution in [3.63, 3.8) is 0 Å².